The van der Waals surface area contributed by atoms with Crippen molar-refractivity contribution in [1.82, 2.24) is 29.4 Å². The van der Waals surface area contributed by atoms with Crippen molar-refractivity contribution in [2.45, 2.75) is 57.5 Å². The topological polar surface area (TPSA) is 118 Å². The second-order valence-electron chi connectivity index (χ2n) is 11.1. The molecule has 1 aromatic carbocycles. The molecule has 1 atom stereocenters. The molecule has 0 bridgehead atoms. The van der Waals surface area contributed by atoms with Crippen molar-refractivity contribution in [3.8, 4) is 0 Å². The van der Waals surface area contributed by atoms with Gasteiger partial charge in [-0.05, 0) is 62.3 Å². The van der Waals surface area contributed by atoms with E-state index in [1.54, 1.807) is 0 Å². The van der Waals surface area contributed by atoms with Crippen molar-refractivity contribution in [2.24, 2.45) is 0 Å². The molecule has 2 saturated heterocycles. The van der Waals surface area contributed by atoms with Crippen LogP contribution in [0.1, 0.15) is 61.0 Å². The fraction of sp³-hybridized carbons (Fsp3) is 0.419. The third-order valence-corrected chi connectivity index (χ3v) is 8.51. The highest BCUT2D eigenvalue weighted by Crippen LogP contribution is 2.33. The summed E-state index contributed by atoms with van der Waals surface area (Å²) in [5.41, 5.74) is 1.62. The molecule has 6 rings (SSSR count). The monoisotopic (exact) mass is 604 g/mol. The Bertz CT molecular complexity index is 1670. The highest BCUT2D eigenvalue weighted by Gasteiger charge is 2.34. The number of halogens is 2. The number of piperidine rings is 2. The summed E-state index contributed by atoms with van der Waals surface area (Å²) in [4.78, 5) is 46.5. The summed E-state index contributed by atoms with van der Waals surface area (Å²) < 4.78 is 37.4. The van der Waals surface area contributed by atoms with Crippen LogP contribution < -0.4 is 10.2 Å². The van der Waals surface area contributed by atoms with Crippen LogP contribution in [-0.4, -0.2) is 74.1 Å². The molecule has 2 aliphatic rings. The first-order chi connectivity index (χ1) is 21.4. The molecule has 0 radical (unpaired) electrons. The summed E-state index contributed by atoms with van der Waals surface area (Å²) in [6.07, 6.45) is 10.8. The standard InChI is InChI=1S/C31H34F2N8O3/c1-3-19-15-34-31(35-16-19)39-12-9-21(10-13-39)41-17-23(33)26-27(36-18-37-28(26)41)38-24-8-7-20(14-22(24)32)29(42)40-11-5-4-6-25(40)30(43)44-2/h7-8,14-18,21,25H,3-6,9-13H2,1-2H3,(H,36,37,38)/t25-/m1/s1. The number of carbonyl (C=O) groups is 2. The number of hydrogen-bond acceptors (Lipinski definition) is 9. The number of hydrogen-bond donors (Lipinski definition) is 1. The number of amides is 1. The Kier molecular flexibility index (Phi) is 8.36. The van der Waals surface area contributed by atoms with Crippen LogP contribution in [0.3, 0.4) is 0 Å². The Morgan fingerprint density at radius 2 is 1.77 bits per heavy atom. The Labute approximate surface area is 253 Å². The lowest BCUT2D eigenvalue weighted by molar-refractivity contribution is -0.147. The molecule has 0 saturated carbocycles. The van der Waals surface area contributed by atoms with E-state index in [1.807, 2.05) is 17.0 Å². The molecule has 230 valence electrons. The number of nitrogens with zero attached hydrogens (tertiary/aromatic N) is 7. The van der Waals surface area contributed by atoms with E-state index >= 15 is 8.78 Å². The van der Waals surface area contributed by atoms with Gasteiger partial charge >= 0.3 is 5.97 Å². The van der Waals surface area contributed by atoms with Gasteiger partial charge in [-0.2, -0.15) is 0 Å². The SMILES string of the molecule is CCc1cnc(N2CCC(n3cc(F)c4c(Nc5ccc(C(=O)N6CCCC[C@@H]6C(=O)OC)cc5F)ncnc43)CC2)nc1. The molecule has 11 nitrogen and oxygen atoms in total. The van der Waals surface area contributed by atoms with E-state index in [-0.39, 0.29) is 28.5 Å². The number of rotatable bonds is 7. The van der Waals surface area contributed by atoms with E-state index in [0.717, 1.165) is 43.7 Å². The van der Waals surface area contributed by atoms with Gasteiger partial charge in [0.15, 0.2) is 5.82 Å². The molecule has 0 spiro atoms. The molecule has 1 amide bonds. The zero-order valence-corrected chi connectivity index (χ0v) is 24.7. The number of anilines is 3. The maximum atomic E-state index is 15.4. The summed E-state index contributed by atoms with van der Waals surface area (Å²) in [6, 6.07) is 3.30. The van der Waals surface area contributed by atoms with E-state index in [9.17, 15) is 9.59 Å². The third-order valence-electron chi connectivity index (χ3n) is 8.51. The minimum Gasteiger partial charge on any atom is -0.467 e. The third kappa shape index (κ3) is 5.65. The summed E-state index contributed by atoms with van der Waals surface area (Å²) >= 11 is 0. The van der Waals surface area contributed by atoms with Crippen LogP contribution in [-0.2, 0) is 16.0 Å². The maximum absolute atomic E-state index is 15.4. The highest BCUT2D eigenvalue weighted by atomic mass is 19.1. The van der Waals surface area contributed by atoms with E-state index < -0.39 is 29.6 Å². The summed E-state index contributed by atoms with van der Waals surface area (Å²) in [5, 5.41) is 3.04. The van der Waals surface area contributed by atoms with Gasteiger partial charge in [-0.3, -0.25) is 4.79 Å². The Morgan fingerprint density at radius 3 is 2.48 bits per heavy atom. The van der Waals surface area contributed by atoms with Gasteiger partial charge in [0.25, 0.3) is 5.91 Å². The van der Waals surface area contributed by atoms with E-state index in [4.69, 9.17) is 4.74 Å². The zero-order valence-electron chi connectivity index (χ0n) is 24.7. The van der Waals surface area contributed by atoms with Crippen molar-refractivity contribution in [3.63, 3.8) is 0 Å². The fourth-order valence-corrected chi connectivity index (χ4v) is 6.05. The highest BCUT2D eigenvalue weighted by molar-refractivity contribution is 5.97. The van der Waals surface area contributed by atoms with Crippen molar-refractivity contribution >= 4 is 40.4 Å². The van der Waals surface area contributed by atoms with Gasteiger partial charge in [-0.1, -0.05) is 6.92 Å². The largest absolute Gasteiger partial charge is 0.467 e. The van der Waals surface area contributed by atoms with Gasteiger partial charge in [-0.25, -0.2) is 33.5 Å². The number of nitrogens with one attached hydrogen (secondary N) is 1. The van der Waals surface area contributed by atoms with Crippen LogP contribution in [0.2, 0.25) is 0 Å². The number of ether oxygens (including phenoxy) is 1. The number of aromatic nitrogens is 5. The van der Waals surface area contributed by atoms with Crippen molar-refractivity contribution < 1.29 is 23.1 Å². The normalized spacial score (nSPS) is 17.6. The molecule has 2 fully saturated rings. The average molecular weight is 605 g/mol. The van der Waals surface area contributed by atoms with Gasteiger partial charge in [0.1, 0.15) is 29.7 Å². The van der Waals surface area contributed by atoms with Crippen LogP contribution in [0.15, 0.2) is 43.1 Å². The zero-order chi connectivity index (χ0) is 30.8. The number of aryl methyl sites for hydroxylation is 1. The molecule has 3 aromatic heterocycles. The number of esters is 1. The number of benzene rings is 1. The van der Waals surface area contributed by atoms with Crippen molar-refractivity contribution in [2.75, 3.05) is 37.0 Å². The molecule has 5 heterocycles. The average Bonchev–Trinajstić information content (AvgIpc) is 3.42. The van der Waals surface area contributed by atoms with Gasteiger partial charge in [0.05, 0.1) is 18.2 Å². The van der Waals surface area contributed by atoms with Crippen LogP contribution in [0.5, 0.6) is 0 Å². The lowest BCUT2D eigenvalue weighted by Crippen LogP contribution is -2.48. The van der Waals surface area contributed by atoms with Gasteiger partial charge < -0.3 is 24.4 Å². The Hall–Kier alpha value is -4.68. The van der Waals surface area contributed by atoms with E-state index in [0.29, 0.717) is 37.7 Å². The summed E-state index contributed by atoms with van der Waals surface area (Å²) in [7, 11) is 1.28. The first-order valence-electron chi connectivity index (χ1n) is 14.9. The fourth-order valence-electron chi connectivity index (χ4n) is 6.05. The van der Waals surface area contributed by atoms with Gasteiger partial charge in [0.2, 0.25) is 5.95 Å². The second kappa shape index (κ2) is 12.5. The molecule has 1 N–H and O–H groups in total. The lowest BCUT2D eigenvalue weighted by Gasteiger charge is -2.33. The minimum absolute atomic E-state index is 0.00144. The number of methoxy groups -OCH3 is 1. The second-order valence-corrected chi connectivity index (χ2v) is 11.1. The number of likely N-dealkylation sites (tertiary alicyclic amines) is 1. The lowest BCUT2D eigenvalue weighted by atomic mass is 10.0. The molecule has 13 heteroatoms. The van der Waals surface area contributed by atoms with E-state index in [2.05, 4.69) is 37.1 Å². The quantitative estimate of drug-likeness (QED) is 0.296. The van der Waals surface area contributed by atoms with Gasteiger partial charge in [0, 0.05) is 49.8 Å². The maximum Gasteiger partial charge on any atom is 0.328 e. The Balaban J connectivity index is 1.18. The van der Waals surface area contributed by atoms with Crippen LogP contribution in [0.4, 0.5) is 26.2 Å². The predicted molar refractivity (Wildman–Crippen MR) is 160 cm³/mol. The van der Waals surface area contributed by atoms with Crippen LogP contribution >= 0.6 is 0 Å². The van der Waals surface area contributed by atoms with Crippen LogP contribution in [0.25, 0.3) is 11.0 Å². The Morgan fingerprint density at radius 1 is 1.00 bits per heavy atom. The predicted octanol–water partition coefficient (Wildman–Crippen LogP) is 4.81. The van der Waals surface area contributed by atoms with Crippen molar-refractivity contribution in [1.29, 1.82) is 0 Å². The molecule has 0 aliphatic carbocycles. The smallest absolute Gasteiger partial charge is 0.328 e. The number of fused-ring (bicyclic) bond motifs is 1. The molecular weight excluding hydrogens is 570 g/mol. The molecule has 44 heavy (non-hydrogen) atoms. The first-order valence-corrected chi connectivity index (χ1v) is 14.9. The molecular formula is C31H34F2N8O3. The van der Waals surface area contributed by atoms with Crippen molar-refractivity contribution in [3.05, 3.63) is 65.9 Å². The minimum atomic E-state index is -0.712. The first kappa shape index (κ1) is 29.4. The molecule has 4 aromatic rings. The van der Waals surface area contributed by atoms with Gasteiger partial charge in [-0.15, -0.1) is 0 Å². The summed E-state index contributed by atoms with van der Waals surface area (Å²) in [5.74, 6) is -1.36. The van der Waals surface area contributed by atoms with Crippen LogP contribution in [0, 0.1) is 11.6 Å². The summed E-state index contributed by atoms with van der Waals surface area (Å²) in [6.45, 7) is 3.86. The molecule has 0 unspecified atom stereocenters. The molecule has 2 aliphatic heterocycles. The van der Waals surface area contributed by atoms with E-state index in [1.165, 1.54) is 36.7 Å². The number of carbonyl (C=O) groups excluding carboxylic acids is 2.